The summed E-state index contributed by atoms with van der Waals surface area (Å²) in [5.41, 5.74) is 5.43. The molecular formula is C29H18N4. The highest BCUT2D eigenvalue weighted by atomic mass is 15.1. The Hall–Kier alpha value is -5.11. The van der Waals surface area contributed by atoms with Crippen molar-refractivity contribution >= 4 is 28.7 Å². The first-order valence-electron chi connectivity index (χ1n) is 10.3. The number of hydrogen-bond donors (Lipinski definition) is 0. The highest BCUT2D eigenvalue weighted by Gasteiger charge is 2.12. The molecular weight excluding hydrogens is 404 g/mol. The van der Waals surface area contributed by atoms with E-state index in [2.05, 4.69) is 47.4 Å². The fraction of sp³-hybridized carbons (Fsp3) is 0. The first-order chi connectivity index (χ1) is 16.2. The Balaban J connectivity index is 1.73. The lowest BCUT2D eigenvalue weighted by Crippen LogP contribution is -2.09. The Bertz CT molecular complexity index is 1380. The average Bonchev–Trinajstić information content (AvgIpc) is 2.89. The van der Waals surface area contributed by atoms with Crippen LogP contribution in [0.1, 0.15) is 22.3 Å². The van der Waals surface area contributed by atoms with Gasteiger partial charge in [-0.1, -0.05) is 48.5 Å². The van der Waals surface area contributed by atoms with E-state index in [1.54, 1.807) is 24.3 Å². The number of allylic oxidation sites excluding steroid dienone is 1. The summed E-state index contributed by atoms with van der Waals surface area (Å²) in [6.07, 6.45) is 1.73. The summed E-state index contributed by atoms with van der Waals surface area (Å²) in [6, 6.07) is 39.1. The normalized spacial score (nSPS) is 10.5. The van der Waals surface area contributed by atoms with Gasteiger partial charge >= 0.3 is 0 Å². The zero-order valence-corrected chi connectivity index (χ0v) is 17.7. The molecule has 0 heterocycles. The van der Waals surface area contributed by atoms with E-state index in [0.717, 1.165) is 22.6 Å². The minimum atomic E-state index is 0.333. The van der Waals surface area contributed by atoms with E-state index in [-0.39, 0.29) is 0 Å². The van der Waals surface area contributed by atoms with Gasteiger partial charge in [0.25, 0.3) is 0 Å². The van der Waals surface area contributed by atoms with Gasteiger partial charge in [0.15, 0.2) is 0 Å². The lowest BCUT2D eigenvalue weighted by molar-refractivity contribution is 1.28. The Morgan fingerprint density at radius 2 is 1.21 bits per heavy atom. The van der Waals surface area contributed by atoms with Crippen LogP contribution in [-0.4, -0.2) is 0 Å². The molecule has 0 saturated carbocycles. The van der Waals surface area contributed by atoms with Crippen molar-refractivity contribution in [3.63, 3.8) is 0 Å². The Labute approximate surface area is 193 Å². The molecule has 154 valence electrons. The Kier molecular flexibility index (Phi) is 6.28. The van der Waals surface area contributed by atoms with Crippen LogP contribution in [-0.2, 0) is 0 Å². The van der Waals surface area contributed by atoms with Crippen molar-refractivity contribution in [2.24, 2.45) is 0 Å². The minimum Gasteiger partial charge on any atom is -0.311 e. The zero-order valence-electron chi connectivity index (χ0n) is 17.7. The molecule has 4 rings (SSSR count). The van der Waals surface area contributed by atoms with E-state index < -0.39 is 0 Å². The molecule has 4 aromatic carbocycles. The number of rotatable bonds is 5. The van der Waals surface area contributed by atoms with Crippen LogP contribution in [0.25, 0.3) is 11.6 Å². The third kappa shape index (κ3) is 4.64. The van der Waals surface area contributed by atoms with Crippen LogP contribution in [0.3, 0.4) is 0 Å². The van der Waals surface area contributed by atoms with E-state index in [1.165, 1.54) is 0 Å². The number of hydrogen-bond acceptors (Lipinski definition) is 4. The summed E-state index contributed by atoms with van der Waals surface area (Å²) in [5.74, 6) is 0. The zero-order chi connectivity index (χ0) is 23.0. The second kappa shape index (κ2) is 9.80. The molecule has 0 amide bonds. The molecule has 4 heteroatoms. The fourth-order valence-electron chi connectivity index (χ4n) is 3.59. The lowest BCUT2D eigenvalue weighted by atomic mass is 9.97. The molecule has 0 radical (unpaired) electrons. The Morgan fingerprint density at radius 1 is 0.636 bits per heavy atom. The van der Waals surface area contributed by atoms with Gasteiger partial charge in [-0.25, -0.2) is 0 Å². The maximum atomic E-state index is 9.75. The minimum absolute atomic E-state index is 0.333. The predicted octanol–water partition coefficient (Wildman–Crippen LogP) is 6.96. The van der Waals surface area contributed by atoms with E-state index in [4.69, 9.17) is 0 Å². The molecule has 0 spiro atoms. The van der Waals surface area contributed by atoms with Gasteiger partial charge in [0, 0.05) is 22.6 Å². The molecule has 0 bridgehead atoms. The van der Waals surface area contributed by atoms with Gasteiger partial charge < -0.3 is 4.90 Å². The quantitative estimate of drug-likeness (QED) is 0.257. The van der Waals surface area contributed by atoms with Crippen molar-refractivity contribution in [3.8, 4) is 18.2 Å². The van der Waals surface area contributed by atoms with Crippen molar-refractivity contribution in [1.82, 2.24) is 0 Å². The van der Waals surface area contributed by atoms with Crippen molar-refractivity contribution in [2.75, 3.05) is 4.90 Å². The van der Waals surface area contributed by atoms with E-state index >= 15 is 0 Å². The van der Waals surface area contributed by atoms with Gasteiger partial charge in [0.2, 0.25) is 0 Å². The van der Waals surface area contributed by atoms with Crippen molar-refractivity contribution in [1.29, 1.82) is 15.8 Å². The first kappa shape index (κ1) is 21.1. The van der Waals surface area contributed by atoms with Gasteiger partial charge in [-0.3, -0.25) is 0 Å². The third-order valence-corrected chi connectivity index (χ3v) is 5.17. The van der Waals surface area contributed by atoms with Gasteiger partial charge in [-0.05, 0) is 66.2 Å². The van der Waals surface area contributed by atoms with Crippen LogP contribution in [0, 0.1) is 34.0 Å². The van der Waals surface area contributed by atoms with Crippen molar-refractivity contribution < 1.29 is 0 Å². The largest absolute Gasteiger partial charge is 0.311 e. The lowest BCUT2D eigenvalue weighted by Gasteiger charge is -2.25. The molecule has 4 aromatic rings. The van der Waals surface area contributed by atoms with E-state index in [0.29, 0.717) is 22.3 Å². The molecule has 0 aliphatic rings. The summed E-state index contributed by atoms with van der Waals surface area (Å²) >= 11 is 0. The molecule has 0 aliphatic carbocycles. The van der Waals surface area contributed by atoms with Gasteiger partial charge in [0.05, 0.1) is 34.9 Å². The highest BCUT2D eigenvalue weighted by molar-refractivity contribution is 5.92. The van der Waals surface area contributed by atoms with Crippen LogP contribution in [0.15, 0.2) is 103 Å². The molecule has 0 saturated heterocycles. The van der Waals surface area contributed by atoms with E-state index in [1.807, 2.05) is 60.7 Å². The standard InChI is InChI=1S/C29H18N4/c30-19-23-11-14-24(20-31)29(18-23)25(21-32)17-22-12-15-28(16-13-22)33(26-7-3-1-4-8-26)27-9-5-2-6-10-27/h1-18H/b25-17+. The second-order valence-electron chi connectivity index (χ2n) is 7.25. The van der Waals surface area contributed by atoms with Crippen LogP contribution in [0.2, 0.25) is 0 Å². The summed E-state index contributed by atoms with van der Waals surface area (Å²) in [6.45, 7) is 0. The number of nitrogens with zero attached hydrogens (tertiary/aromatic N) is 4. The second-order valence-corrected chi connectivity index (χ2v) is 7.25. The maximum Gasteiger partial charge on any atom is 0.0998 e. The van der Waals surface area contributed by atoms with Gasteiger partial charge in [0.1, 0.15) is 0 Å². The number of nitriles is 3. The molecule has 0 atom stereocenters. The van der Waals surface area contributed by atoms with Crippen LogP contribution in [0.5, 0.6) is 0 Å². The smallest absolute Gasteiger partial charge is 0.0998 e. The molecule has 0 N–H and O–H groups in total. The number of benzene rings is 4. The predicted molar refractivity (Wildman–Crippen MR) is 130 cm³/mol. The molecule has 0 aliphatic heterocycles. The van der Waals surface area contributed by atoms with E-state index in [9.17, 15) is 15.8 Å². The van der Waals surface area contributed by atoms with Gasteiger partial charge in [-0.15, -0.1) is 0 Å². The topological polar surface area (TPSA) is 74.6 Å². The number of para-hydroxylation sites is 2. The monoisotopic (exact) mass is 422 g/mol. The average molecular weight is 422 g/mol. The SMILES string of the molecule is N#C/C(=C\c1ccc(N(c2ccccc2)c2ccccc2)cc1)c1cc(C#N)ccc1C#N. The molecule has 0 fully saturated rings. The van der Waals surface area contributed by atoms with Crippen LogP contribution < -0.4 is 4.90 Å². The summed E-state index contributed by atoms with van der Waals surface area (Å²) in [7, 11) is 0. The maximum absolute atomic E-state index is 9.75. The summed E-state index contributed by atoms with van der Waals surface area (Å²) in [5, 5.41) is 28.4. The summed E-state index contributed by atoms with van der Waals surface area (Å²) < 4.78 is 0. The first-order valence-corrected chi connectivity index (χ1v) is 10.3. The number of anilines is 3. The van der Waals surface area contributed by atoms with Crippen molar-refractivity contribution in [2.45, 2.75) is 0 Å². The van der Waals surface area contributed by atoms with Crippen LogP contribution in [0.4, 0.5) is 17.1 Å². The van der Waals surface area contributed by atoms with Crippen LogP contribution >= 0.6 is 0 Å². The molecule has 4 nitrogen and oxygen atoms in total. The Morgan fingerprint density at radius 3 is 1.73 bits per heavy atom. The third-order valence-electron chi connectivity index (χ3n) is 5.17. The fourth-order valence-corrected chi connectivity index (χ4v) is 3.59. The molecule has 0 aromatic heterocycles. The molecule has 0 unspecified atom stereocenters. The van der Waals surface area contributed by atoms with Gasteiger partial charge in [-0.2, -0.15) is 15.8 Å². The highest BCUT2D eigenvalue weighted by Crippen LogP contribution is 2.34. The molecule has 33 heavy (non-hydrogen) atoms. The van der Waals surface area contributed by atoms with Crippen molar-refractivity contribution in [3.05, 3.63) is 125 Å². The summed E-state index contributed by atoms with van der Waals surface area (Å²) in [4.78, 5) is 2.16.